The van der Waals surface area contributed by atoms with Gasteiger partial charge in [0.05, 0.1) is 0 Å². The van der Waals surface area contributed by atoms with Crippen LogP contribution in [0.4, 0.5) is 0 Å². The van der Waals surface area contributed by atoms with Crippen molar-refractivity contribution < 1.29 is 9.59 Å². The number of carbonyl (C=O) groups excluding carboxylic acids is 2. The maximum absolute atomic E-state index is 12.2. The van der Waals surface area contributed by atoms with Crippen molar-refractivity contribution in [3.05, 3.63) is 23.3 Å². The van der Waals surface area contributed by atoms with Crippen molar-refractivity contribution in [2.75, 3.05) is 39.8 Å². The molecule has 1 aliphatic heterocycles. The van der Waals surface area contributed by atoms with Crippen LogP contribution in [0, 0.1) is 0 Å². The van der Waals surface area contributed by atoms with Crippen LogP contribution in [0.5, 0.6) is 0 Å². The first-order valence-electron chi connectivity index (χ1n) is 8.56. The molecular formula is C17H27N5O2S. The van der Waals surface area contributed by atoms with E-state index >= 15 is 0 Å². The molecule has 5 N–H and O–H groups in total. The zero-order valence-electron chi connectivity index (χ0n) is 14.7. The predicted molar refractivity (Wildman–Crippen MR) is 102 cm³/mol. The molecule has 0 saturated carbocycles. The minimum atomic E-state index is -1.14. The number of amides is 2. The van der Waals surface area contributed by atoms with Gasteiger partial charge in [-0.3, -0.25) is 9.59 Å². The monoisotopic (exact) mass is 365 g/mol. The second kappa shape index (κ2) is 9.19. The molecule has 1 heterocycles. The Bertz CT molecular complexity index is 594. The van der Waals surface area contributed by atoms with Gasteiger partial charge in [-0.2, -0.15) is 0 Å². The van der Waals surface area contributed by atoms with Crippen LogP contribution in [-0.2, 0) is 9.59 Å². The number of nitrogens with zero attached hydrogens (tertiary/aromatic N) is 2. The van der Waals surface area contributed by atoms with E-state index in [2.05, 4.69) is 22.2 Å². The molecule has 2 rings (SSSR count). The Morgan fingerprint density at radius 1 is 1.24 bits per heavy atom. The van der Waals surface area contributed by atoms with E-state index in [1.54, 1.807) is 0 Å². The van der Waals surface area contributed by atoms with E-state index in [0.29, 0.717) is 12.0 Å². The third-order valence-corrected chi connectivity index (χ3v) is 5.05. The van der Waals surface area contributed by atoms with Gasteiger partial charge in [0.2, 0.25) is 5.91 Å². The van der Waals surface area contributed by atoms with Gasteiger partial charge in [-0.1, -0.05) is 29.9 Å². The molecule has 25 heavy (non-hydrogen) atoms. The maximum Gasteiger partial charge on any atom is 0.252 e. The molecule has 8 heteroatoms. The molecule has 1 fully saturated rings. The van der Waals surface area contributed by atoms with Crippen LogP contribution >= 0.6 is 12.2 Å². The molecule has 1 aliphatic carbocycles. The summed E-state index contributed by atoms with van der Waals surface area (Å²) < 4.78 is 0. The van der Waals surface area contributed by atoms with Crippen molar-refractivity contribution in [1.82, 2.24) is 15.1 Å². The fourth-order valence-corrected chi connectivity index (χ4v) is 3.06. The summed E-state index contributed by atoms with van der Waals surface area (Å²) in [7, 11) is 2.15. The van der Waals surface area contributed by atoms with E-state index in [1.807, 2.05) is 12.2 Å². The number of piperazine rings is 1. The molecule has 0 aromatic carbocycles. The zero-order valence-corrected chi connectivity index (χ0v) is 15.5. The number of primary amides is 1. The van der Waals surface area contributed by atoms with Crippen LogP contribution in [0.2, 0.25) is 0 Å². The lowest BCUT2D eigenvalue weighted by atomic mass is 9.95. The lowest BCUT2D eigenvalue weighted by Crippen LogP contribution is -2.49. The number of allylic oxidation sites excluding steroid dienone is 2. The van der Waals surface area contributed by atoms with Gasteiger partial charge in [-0.05, 0) is 26.3 Å². The minimum Gasteiger partial charge on any atom is -0.368 e. The number of hydrogen-bond acceptors (Lipinski definition) is 6. The van der Waals surface area contributed by atoms with E-state index < -0.39 is 11.9 Å². The first-order valence-corrected chi connectivity index (χ1v) is 8.97. The number of nitrogens with two attached hydrogens (primary N) is 2. The maximum atomic E-state index is 12.2. The molecule has 1 atom stereocenters. The highest BCUT2D eigenvalue weighted by atomic mass is 32.1. The SMILES string of the molecule is CN1CCN(CCC2=CC=C(C(=O)NC(=S)C(N)C(N)=O)CC2)CC1. The van der Waals surface area contributed by atoms with Crippen molar-refractivity contribution in [3.8, 4) is 0 Å². The number of hydrogen-bond donors (Lipinski definition) is 3. The van der Waals surface area contributed by atoms with Gasteiger partial charge in [0, 0.05) is 38.3 Å². The van der Waals surface area contributed by atoms with Crippen molar-refractivity contribution in [2.24, 2.45) is 11.5 Å². The summed E-state index contributed by atoms with van der Waals surface area (Å²) in [6, 6.07) is -1.14. The van der Waals surface area contributed by atoms with Gasteiger partial charge in [0.1, 0.15) is 11.0 Å². The number of likely N-dealkylation sites (N-methyl/N-ethyl adjacent to an activating group) is 1. The Morgan fingerprint density at radius 3 is 2.48 bits per heavy atom. The average molecular weight is 366 g/mol. The van der Waals surface area contributed by atoms with Crippen molar-refractivity contribution in [1.29, 1.82) is 0 Å². The molecule has 138 valence electrons. The standard InChI is InChI=1S/C17H27N5O2S/c1-21-8-10-22(11-9-21)7-6-12-2-4-13(5-3-12)16(24)20-17(25)14(18)15(19)23/h2,4,14H,3,5-11,18H2,1H3,(H2,19,23)(H,20,24,25). The second-order valence-electron chi connectivity index (χ2n) is 6.61. The molecule has 2 aliphatic rings. The van der Waals surface area contributed by atoms with E-state index in [9.17, 15) is 9.59 Å². The van der Waals surface area contributed by atoms with Crippen molar-refractivity contribution in [2.45, 2.75) is 25.3 Å². The van der Waals surface area contributed by atoms with Crippen molar-refractivity contribution in [3.63, 3.8) is 0 Å². The van der Waals surface area contributed by atoms with Gasteiger partial charge in [-0.25, -0.2) is 0 Å². The fraction of sp³-hybridized carbons (Fsp3) is 0.588. The van der Waals surface area contributed by atoms with Gasteiger partial charge < -0.3 is 26.6 Å². The largest absolute Gasteiger partial charge is 0.368 e. The van der Waals surface area contributed by atoms with Gasteiger partial charge in [-0.15, -0.1) is 0 Å². The van der Waals surface area contributed by atoms with Gasteiger partial charge in [0.25, 0.3) is 5.91 Å². The third kappa shape index (κ3) is 6.00. The fourth-order valence-electron chi connectivity index (χ4n) is 2.85. The summed E-state index contributed by atoms with van der Waals surface area (Å²) in [5.41, 5.74) is 12.6. The highest BCUT2D eigenvalue weighted by Gasteiger charge is 2.20. The summed E-state index contributed by atoms with van der Waals surface area (Å²) >= 11 is 4.93. The zero-order chi connectivity index (χ0) is 18.4. The minimum absolute atomic E-state index is 0.0387. The Kier molecular flexibility index (Phi) is 7.24. The van der Waals surface area contributed by atoms with Crippen molar-refractivity contribution >= 4 is 29.0 Å². The molecule has 0 bridgehead atoms. The summed E-state index contributed by atoms with van der Waals surface area (Å²) in [5.74, 6) is -1.06. The molecule has 0 radical (unpaired) electrons. The topological polar surface area (TPSA) is 105 Å². The number of rotatable bonds is 6. The number of nitrogens with one attached hydrogen (secondary N) is 1. The van der Waals surface area contributed by atoms with E-state index in [-0.39, 0.29) is 10.9 Å². The predicted octanol–water partition coefficient (Wildman–Crippen LogP) is -0.473. The molecular weight excluding hydrogens is 338 g/mol. The number of carbonyl (C=O) groups is 2. The van der Waals surface area contributed by atoms with Crippen LogP contribution in [-0.4, -0.2) is 72.4 Å². The summed E-state index contributed by atoms with van der Waals surface area (Å²) in [4.78, 5) is 27.9. The van der Waals surface area contributed by atoms with Crippen LogP contribution < -0.4 is 16.8 Å². The molecule has 0 aromatic heterocycles. The van der Waals surface area contributed by atoms with Gasteiger partial charge >= 0.3 is 0 Å². The highest BCUT2D eigenvalue weighted by molar-refractivity contribution is 7.80. The number of thiocarbonyl (C=S) groups is 1. The highest BCUT2D eigenvalue weighted by Crippen LogP contribution is 2.21. The normalized spacial score (nSPS) is 20.4. The first kappa shape index (κ1) is 19.7. The summed E-state index contributed by atoms with van der Waals surface area (Å²) in [5, 5.41) is 2.49. The van der Waals surface area contributed by atoms with Crippen LogP contribution in [0.1, 0.15) is 19.3 Å². The van der Waals surface area contributed by atoms with Gasteiger partial charge in [0.15, 0.2) is 0 Å². The second-order valence-corrected chi connectivity index (χ2v) is 7.05. The van der Waals surface area contributed by atoms with E-state index in [4.69, 9.17) is 23.7 Å². The molecule has 2 amide bonds. The molecule has 1 unspecified atom stereocenters. The Hall–Kier alpha value is -1.61. The van der Waals surface area contributed by atoms with E-state index in [1.165, 1.54) is 5.57 Å². The molecule has 0 aromatic rings. The first-order chi connectivity index (χ1) is 11.9. The third-order valence-electron chi connectivity index (χ3n) is 4.70. The summed E-state index contributed by atoms with van der Waals surface area (Å²) in [6.45, 7) is 5.54. The molecule has 1 saturated heterocycles. The van der Waals surface area contributed by atoms with E-state index in [0.717, 1.165) is 45.6 Å². The molecule has 0 spiro atoms. The van der Waals surface area contributed by atoms with Crippen LogP contribution in [0.15, 0.2) is 23.3 Å². The Balaban J connectivity index is 1.80. The quantitative estimate of drug-likeness (QED) is 0.550. The Morgan fingerprint density at radius 2 is 1.92 bits per heavy atom. The van der Waals surface area contributed by atoms with Crippen LogP contribution in [0.3, 0.4) is 0 Å². The summed E-state index contributed by atoms with van der Waals surface area (Å²) in [6.07, 6.45) is 6.40. The lowest BCUT2D eigenvalue weighted by molar-refractivity contribution is -0.117. The molecule has 7 nitrogen and oxygen atoms in total. The van der Waals surface area contributed by atoms with Crippen LogP contribution in [0.25, 0.3) is 0 Å². The average Bonchev–Trinajstić information content (AvgIpc) is 2.60. The lowest BCUT2D eigenvalue weighted by Gasteiger charge is -2.32. The smallest absolute Gasteiger partial charge is 0.252 e. The Labute approximate surface area is 154 Å².